The number of rotatable bonds is 2. The second kappa shape index (κ2) is 5.14. The first-order valence-corrected chi connectivity index (χ1v) is 4.60. The molecule has 0 aromatic heterocycles. The molecule has 0 radical (unpaired) electrons. The fraction of sp³-hybridized carbons (Fsp3) is 0.100. The van der Waals surface area contributed by atoms with E-state index < -0.39 is 17.4 Å². The van der Waals surface area contributed by atoms with Gasteiger partial charge in [0.25, 0.3) is 0 Å². The Kier molecular flexibility index (Phi) is 3.86. The highest BCUT2D eigenvalue weighted by Crippen LogP contribution is 2.19. The number of hydrogen-bond donors (Lipinski definition) is 1. The minimum Gasteiger partial charge on any atom is -0.501 e. The van der Waals surface area contributed by atoms with E-state index in [9.17, 15) is 9.90 Å². The molecule has 1 N–H and O–H groups in total. The van der Waals surface area contributed by atoms with Crippen molar-refractivity contribution in [1.82, 2.24) is 0 Å². The molecular weight excluding hydrogens is 232 g/mol. The molecule has 0 heterocycles. The number of benzene rings is 1. The molecule has 0 amide bonds. The summed E-state index contributed by atoms with van der Waals surface area (Å²) in [6.07, 6.45) is 0. The largest absolute Gasteiger partial charge is 0.510 e. The van der Waals surface area contributed by atoms with E-state index in [4.69, 9.17) is 17.0 Å². The van der Waals surface area contributed by atoms with Crippen molar-refractivity contribution in [2.45, 2.75) is 0 Å². The number of aliphatic hydroxyl groups is 1. The minimum atomic E-state index is -0.935. The Balaban J connectivity index is 3.21. The van der Waals surface area contributed by atoms with Gasteiger partial charge in [0, 0.05) is 10.6 Å². The second-order valence-corrected chi connectivity index (χ2v) is 3.23. The third kappa shape index (κ3) is 2.49. The van der Waals surface area contributed by atoms with Crippen LogP contribution in [0, 0.1) is 5.39 Å². The third-order valence-corrected chi connectivity index (χ3v) is 2.07. The summed E-state index contributed by atoms with van der Waals surface area (Å²) in [5.74, 6) is -1.42. The summed E-state index contributed by atoms with van der Waals surface area (Å²) < 4.78 is 4.33. The van der Waals surface area contributed by atoms with Gasteiger partial charge in [-0.05, 0) is 24.3 Å². The van der Waals surface area contributed by atoms with Gasteiger partial charge in [-0.1, -0.05) is 11.6 Å². The Hall–Kier alpha value is -2.06. The molecule has 0 aliphatic rings. The van der Waals surface area contributed by atoms with E-state index in [0.29, 0.717) is 10.6 Å². The molecule has 0 saturated carbocycles. The second-order valence-electron chi connectivity index (χ2n) is 2.80. The van der Waals surface area contributed by atoms with E-state index in [0.717, 1.165) is 7.11 Å². The number of esters is 1. The fourth-order valence-electron chi connectivity index (χ4n) is 1.03. The number of carbonyl (C=O) groups is 1. The first-order valence-electron chi connectivity index (χ1n) is 4.22. The molecule has 0 spiro atoms. The predicted molar refractivity (Wildman–Crippen MR) is 58.1 cm³/mol. The monoisotopic (exact) mass is 239 g/mol. The van der Waals surface area contributed by atoms with Crippen LogP contribution < -0.4 is 0 Å². The zero-order valence-electron chi connectivity index (χ0n) is 8.35. The van der Waals surface area contributed by atoms with Gasteiger partial charge in [0.1, 0.15) is 0 Å². The number of ether oxygens (including phenoxy) is 1. The molecule has 0 aliphatic carbocycles. The SMILES string of the molecule is COC(=O)/C([N+]#N)=C(\O)c1ccc(Cl)cc1. The molecule has 1 aromatic carbocycles. The summed E-state index contributed by atoms with van der Waals surface area (Å²) in [4.78, 5) is 13.8. The van der Waals surface area contributed by atoms with Gasteiger partial charge >= 0.3 is 11.7 Å². The molecule has 0 bridgehead atoms. The number of nitrogens with zero attached hydrogens (tertiary/aromatic N) is 2. The molecule has 0 fully saturated rings. The van der Waals surface area contributed by atoms with E-state index in [1.165, 1.54) is 24.3 Å². The van der Waals surface area contributed by atoms with Gasteiger partial charge in [-0.3, -0.25) is 0 Å². The summed E-state index contributed by atoms with van der Waals surface area (Å²) in [5, 5.41) is 18.7. The average molecular weight is 240 g/mol. The first kappa shape index (κ1) is 12.0. The van der Waals surface area contributed by atoms with Crippen LogP contribution in [-0.2, 0) is 9.53 Å². The minimum absolute atomic E-state index is 0.294. The summed E-state index contributed by atoms with van der Waals surface area (Å²) in [6, 6.07) is 6.01. The van der Waals surface area contributed by atoms with Gasteiger partial charge in [-0.2, -0.15) is 0 Å². The van der Waals surface area contributed by atoms with Crippen LogP contribution in [0.2, 0.25) is 5.02 Å². The van der Waals surface area contributed by atoms with Crippen LogP contribution in [0.1, 0.15) is 5.56 Å². The Morgan fingerprint density at radius 3 is 2.44 bits per heavy atom. The zero-order chi connectivity index (χ0) is 12.1. The maximum atomic E-state index is 11.1. The number of diazo groups is 1. The zero-order valence-corrected chi connectivity index (χ0v) is 9.10. The summed E-state index contributed by atoms with van der Waals surface area (Å²) in [6.45, 7) is 0. The van der Waals surface area contributed by atoms with E-state index in [1.54, 1.807) is 0 Å². The van der Waals surface area contributed by atoms with Crippen molar-refractivity contribution in [3.63, 3.8) is 0 Å². The third-order valence-electron chi connectivity index (χ3n) is 1.82. The smallest absolute Gasteiger partial charge is 0.501 e. The van der Waals surface area contributed by atoms with E-state index >= 15 is 0 Å². The van der Waals surface area contributed by atoms with Crippen LogP contribution in [0.25, 0.3) is 10.7 Å². The topological polar surface area (TPSA) is 74.7 Å². The van der Waals surface area contributed by atoms with Gasteiger partial charge in [0.2, 0.25) is 11.2 Å². The first-order chi connectivity index (χ1) is 7.60. The lowest BCUT2D eigenvalue weighted by atomic mass is 10.1. The van der Waals surface area contributed by atoms with Crippen LogP contribution in [0.3, 0.4) is 0 Å². The quantitative estimate of drug-likeness (QED) is 0.373. The molecular formula is C10H8ClN2O3+. The number of aliphatic hydroxyl groups excluding tert-OH is 1. The highest BCUT2D eigenvalue weighted by molar-refractivity contribution is 6.30. The van der Waals surface area contributed by atoms with Crippen LogP contribution in [0.5, 0.6) is 0 Å². The van der Waals surface area contributed by atoms with Gasteiger partial charge in [0.05, 0.1) is 7.11 Å². The van der Waals surface area contributed by atoms with Crippen molar-refractivity contribution in [1.29, 1.82) is 5.39 Å². The number of hydrogen-bond acceptors (Lipinski definition) is 4. The Morgan fingerprint density at radius 1 is 1.44 bits per heavy atom. The van der Waals surface area contributed by atoms with Crippen molar-refractivity contribution in [2.75, 3.05) is 7.11 Å². The molecule has 82 valence electrons. The van der Waals surface area contributed by atoms with Crippen LogP contribution in [0.4, 0.5) is 0 Å². The van der Waals surface area contributed by atoms with E-state index in [-0.39, 0.29) is 0 Å². The molecule has 16 heavy (non-hydrogen) atoms. The summed E-state index contributed by atoms with van der Waals surface area (Å²) in [7, 11) is 1.11. The van der Waals surface area contributed by atoms with Gasteiger partial charge in [0.15, 0.2) is 4.98 Å². The van der Waals surface area contributed by atoms with Crippen LogP contribution in [-0.4, -0.2) is 18.2 Å². The lowest BCUT2D eigenvalue weighted by Crippen LogP contribution is -2.04. The molecule has 0 aliphatic heterocycles. The van der Waals surface area contributed by atoms with E-state index in [2.05, 4.69) is 9.71 Å². The maximum absolute atomic E-state index is 11.1. The lowest BCUT2D eigenvalue weighted by molar-refractivity contribution is -0.135. The highest BCUT2D eigenvalue weighted by Gasteiger charge is 2.30. The van der Waals surface area contributed by atoms with Crippen molar-refractivity contribution in [3.8, 4) is 0 Å². The summed E-state index contributed by atoms with van der Waals surface area (Å²) in [5.41, 5.74) is -0.271. The van der Waals surface area contributed by atoms with Crippen molar-refractivity contribution >= 4 is 23.3 Å². The average Bonchev–Trinajstić information content (AvgIpc) is 2.30. The highest BCUT2D eigenvalue weighted by atomic mass is 35.5. The van der Waals surface area contributed by atoms with Gasteiger partial charge < -0.3 is 9.84 Å². The molecule has 6 heteroatoms. The molecule has 1 aromatic rings. The molecule has 1 rings (SSSR count). The number of halogens is 1. The Bertz CT molecular complexity index is 474. The maximum Gasteiger partial charge on any atom is 0.510 e. The normalized spacial score (nSPS) is 11.3. The number of methoxy groups -OCH3 is 1. The Labute approximate surface area is 96.5 Å². The van der Waals surface area contributed by atoms with E-state index in [1.807, 2.05) is 0 Å². The molecule has 0 unspecified atom stereocenters. The summed E-state index contributed by atoms with van der Waals surface area (Å²) >= 11 is 5.66. The van der Waals surface area contributed by atoms with Crippen molar-refractivity contribution in [3.05, 3.63) is 45.5 Å². The Morgan fingerprint density at radius 2 is 2.00 bits per heavy atom. The van der Waals surface area contributed by atoms with Crippen molar-refractivity contribution in [2.24, 2.45) is 0 Å². The van der Waals surface area contributed by atoms with Crippen molar-refractivity contribution < 1.29 is 14.6 Å². The number of carbonyl (C=O) groups excluding carboxylic acids is 1. The van der Waals surface area contributed by atoms with Gasteiger partial charge in [-0.15, -0.1) is 0 Å². The lowest BCUT2D eigenvalue weighted by Gasteiger charge is -1.97. The molecule has 5 nitrogen and oxygen atoms in total. The standard InChI is InChI=1S/C10H7ClN2O3/c1-16-10(15)8(13-12)9(14)6-2-4-7(11)5-3-6/h2-5H,1H3/p+1. The van der Waals surface area contributed by atoms with Gasteiger partial charge in [-0.25, -0.2) is 4.79 Å². The predicted octanol–water partition coefficient (Wildman–Crippen LogP) is 2.59. The van der Waals surface area contributed by atoms with Crippen LogP contribution in [0.15, 0.2) is 30.0 Å². The van der Waals surface area contributed by atoms with Crippen LogP contribution >= 0.6 is 11.6 Å². The fourth-order valence-corrected chi connectivity index (χ4v) is 1.15. The molecule has 0 atom stereocenters. The molecule has 0 saturated heterocycles.